The molecule has 76 valence electrons. The van der Waals surface area contributed by atoms with Gasteiger partial charge >= 0.3 is 0 Å². The van der Waals surface area contributed by atoms with E-state index in [1.54, 1.807) is 0 Å². The quantitative estimate of drug-likeness (QED) is 0.652. The van der Waals surface area contributed by atoms with Gasteiger partial charge in [0.15, 0.2) is 0 Å². The molecule has 0 aromatic carbocycles. The average molecular weight is 194 g/mol. The zero-order chi connectivity index (χ0) is 9.97. The van der Waals surface area contributed by atoms with Gasteiger partial charge in [0.25, 0.3) is 0 Å². The van der Waals surface area contributed by atoms with E-state index in [-0.39, 0.29) is 6.10 Å². The molecule has 0 unspecified atom stereocenters. The van der Waals surface area contributed by atoms with E-state index < -0.39 is 0 Å². The molecule has 2 rings (SSSR count). The second-order valence-corrected chi connectivity index (χ2v) is 3.50. The summed E-state index contributed by atoms with van der Waals surface area (Å²) in [6.45, 7) is 0. The molecule has 1 heterocycles. The van der Waals surface area contributed by atoms with Crippen LogP contribution in [0, 0.1) is 0 Å². The molecule has 1 aromatic heterocycles. The number of aliphatic hydroxyl groups excluding tert-OH is 1. The normalized spacial score (nSPS) is 25.3. The van der Waals surface area contributed by atoms with Crippen LogP contribution < -0.4 is 10.6 Å². The van der Waals surface area contributed by atoms with Crippen LogP contribution in [0.25, 0.3) is 0 Å². The predicted molar refractivity (Wildman–Crippen MR) is 54.2 cm³/mol. The third-order valence-electron chi connectivity index (χ3n) is 2.39. The Labute approximate surface area is 82.6 Å². The summed E-state index contributed by atoms with van der Waals surface area (Å²) in [5.41, 5.74) is 0. The number of aromatic nitrogens is 2. The molecular formula is C9H14N4O. The molecule has 0 spiro atoms. The van der Waals surface area contributed by atoms with Gasteiger partial charge in [-0.25, -0.2) is 9.97 Å². The van der Waals surface area contributed by atoms with E-state index in [1.807, 2.05) is 13.1 Å². The molecule has 0 radical (unpaired) electrons. The molecule has 5 nitrogen and oxygen atoms in total. The second kappa shape index (κ2) is 3.79. The number of nitrogens with one attached hydrogen (secondary N) is 2. The van der Waals surface area contributed by atoms with Gasteiger partial charge in [0.05, 0.1) is 6.10 Å². The van der Waals surface area contributed by atoms with Crippen molar-refractivity contribution in [1.82, 2.24) is 9.97 Å². The maximum atomic E-state index is 9.11. The molecule has 0 bridgehead atoms. The van der Waals surface area contributed by atoms with Crippen molar-refractivity contribution >= 4 is 11.6 Å². The molecule has 5 heteroatoms. The molecule has 1 aliphatic rings. The van der Waals surface area contributed by atoms with Gasteiger partial charge in [-0.05, 0) is 12.8 Å². The minimum Gasteiger partial charge on any atom is -0.393 e. The maximum absolute atomic E-state index is 9.11. The smallest absolute Gasteiger partial charge is 0.131 e. The SMILES string of the molecule is CNc1cc(NC2CC(O)C2)ncn1. The maximum Gasteiger partial charge on any atom is 0.131 e. The molecular weight excluding hydrogens is 180 g/mol. The van der Waals surface area contributed by atoms with E-state index in [1.165, 1.54) is 6.33 Å². The van der Waals surface area contributed by atoms with E-state index in [0.717, 1.165) is 24.5 Å². The van der Waals surface area contributed by atoms with Crippen molar-refractivity contribution in [2.75, 3.05) is 17.7 Å². The van der Waals surface area contributed by atoms with E-state index in [9.17, 15) is 0 Å². The van der Waals surface area contributed by atoms with Crippen molar-refractivity contribution in [3.05, 3.63) is 12.4 Å². The number of hydrogen-bond acceptors (Lipinski definition) is 5. The van der Waals surface area contributed by atoms with Gasteiger partial charge in [-0.15, -0.1) is 0 Å². The Kier molecular flexibility index (Phi) is 2.49. The van der Waals surface area contributed by atoms with Gasteiger partial charge < -0.3 is 15.7 Å². The number of anilines is 2. The van der Waals surface area contributed by atoms with Gasteiger partial charge in [-0.1, -0.05) is 0 Å². The molecule has 14 heavy (non-hydrogen) atoms. The van der Waals surface area contributed by atoms with E-state index >= 15 is 0 Å². The summed E-state index contributed by atoms with van der Waals surface area (Å²) in [7, 11) is 1.82. The molecule has 1 saturated carbocycles. The average Bonchev–Trinajstić information content (AvgIpc) is 2.16. The highest BCUT2D eigenvalue weighted by Crippen LogP contribution is 2.23. The third kappa shape index (κ3) is 1.93. The summed E-state index contributed by atoms with van der Waals surface area (Å²) in [6, 6.07) is 2.20. The minimum atomic E-state index is -0.141. The number of nitrogens with zero attached hydrogens (tertiary/aromatic N) is 2. The first-order chi connectivity index (χ1) is 6.78. The molecule has 0 amide bonds. The highest BCUT2D eigenvalue weighted by Gasteiger charge is 2.27. The minimum absolute atomic E-state index is 0.141. The first kappa shape index (κ1) is 9.21. The monoisotopic (exact) mass is 194 g/mol. The summed E-state index contributed by atoms with van der Waals surface area (Å²) in [5.74, 6) is 1.60. The molecule has 0 saturated heterocycles. The van der Waals surface area contributed by atoms with Crippen molar-refractivity contribution in [2.24, 2.45) is 0 Å². The Morgan fingerprint density at radius 1 is 1.36 bits per heavy atom. The Morgan fingerprint density at radius 3 is 2.71 bits per heavy atom. The molecule has 3 N–H and O–H groups in total. The molecule has 0 atom stereocenters. The summed E-state index contributed by atoms with van der Waals surface area (Å²) < 4.78 is 0. The zero-order valence-corrected chi connectivity index (χ0v) is 8.07. The van der Waals surface area contributed by atoms with Crippen molar-refractivity contribution in [3.63, 3.8) is 0 Å². The third-order valence-corrected chi connectivity index (χ3v) is 2.39. The van der Waals surface area contributed by atoms with Crippen LogP contribution in [0.4, 0.5) is 11.6 Å². The van der Waals surface area contributed by atoms with Crippen LogP contribution in [0.15, 0.2) is 12.4 Å². The van der Waals surface area contributed by atoms with Crippen LogP contribution in [0.2, 0.25) is 0 Å². The fourth-order valence-corrected chi connectivity index (χ4v) is 1.49. The fraction of sp³-hybridized carbons (Fsp3) is 0.556. The predicted octanol–water partition coefficient (Wildman–Crippen LogP) is 0.453. The summed E-state index contributed by atoms with van der Waals surface area (Å²) in [5, 5.41) is 15.3. The van der Waals surface area contributed by atoms with E-state index in [4.69, 9.17) is 5.11 Å². The number of aliphatic hydroxyl groups is 1. The van der Waals surface area contributed by atoms with Gasteiger partial charge in [-0.2, -0.15) is 0 Å². The van der Waals surface area contributed by atoms with Crippen molar-refractivity contribution in [1.29, 1.82) is 0 Å². The number of rotatable bonds is 3. The van der Waals surface area contributed by atoms with E-state index in [2.05, 4.69) is 20.6 Å². The van der Waals surface area contributed by atoms with Crippen LogP contribution >= 0.6 is 0 Å². The van der Waals surface area contributed by atoms with Crippen LogP contribution in [0.3, 0.4) is 0 Å². The lowest BCUT2D eigenvalue weighted by Crippen LogP contribution is -2.39. The summed E-state index contributed by atoms with van der Waals surface area (Å²) >= 11 is 0. The standard InChI is InChI=1S/C9H14N4O/c1-10-8-4-9(12-5-11-8)13-6-2-7(14)3-6/h4-7,14H,2-3H2,1H3,(H2,10,11,12,13). The summed E-state index contributed by atoms with van der Waals surface area (Å²) in [6.07, 6.45) is 2.99. The van der Waals surface area contributed by atoms with Gasteiger partial charge in [0.1, 0.15) is 18.0 Å². The van der Waals surface area contributed by atoms with Gasteiger partial charge in [0, 0.05) is 19.2 Å². The lowest BCUT2D eigenvalue weighted by molar-refractivity contribution is 0.0835. The summed E-state index contributed by atoms with van der Waals surface area (Å²) in [4.78, 5) is 8.10. The molecule has 1 aromatic rings. The first-order valence-electron chi connectivity index (χ1n) is 4.72. The highest BCUT2D eigenvalue weighted by molar-refractivity contribution is 5.46. The molecule has 0 aliphatic heterocycles. The Bertz CT molecular complexity index is 311. The number of hydrogen-bond donors (Lipinski definition) is 3. The Morgan fingerprint density at radius 2 is 2.07 bits per heavy atom. The van der Waals surface area contributed by atoms with Crippen LogP contribution in [0.1, 0.15) is 12.8 Å². The van der Waals surface area contributed by atoms with Gasteiger partial charge in [-0.3, -0.25) is 0 Å². The van der Waals surface area contributed by atoms with Crippen molar-refractivity contribution in [3.8, 4) is 0 Å². The van der Waals surface area contributed by atoms with Crippen LogP contribution in [0.5, 0.6) is 0 Å². The van der Waals surface area contributed by atoms with Crippen molar-refractivity contribution in [2.45, 2.75) is 25.0 Å². The lowest BCUT2D eigenvalue weighted by Gasteiger charge is -2.32. The topological polar surface area (TPSA) is 70.1 Å². The largest absolute Gasteiger partial charge is 0.393 e. The van der Waals surface area contributed by atoms with Gasteiger partial charge in [0.2, 0.25) is 0 Å². The highest BCUT2D eigenvalue weighted by atomic mass is 16.3. The second-order valence-electron chi connectivity index (χ2n) is 3.50. The fourth-order valence-electron chi connectivity index (χ4n) is 1.49. The van der Waals surface area contributed by atoms with Crippen molar-refractivity contribution < 1.29 is 5.11 Å². The lowest BCUT2D eigenvalue weighted by atomic mass is 9.89. The molecule has 1 fully saturated rings. The molecule has 1 aliphatic carbocycles. The Balaban J connectivity index is 1.95. The Hall–Kier alpha value is -1.36. The van der Waals surface area contributed by atoms with Crippen LogP contribution in [-0.4, -0.2) is 34.3 Å². The zero-order valence-electron chi connectivity index (χ0n) is 8.07. The van der Waals surface area contributed by atoms with Crippen LogP contribution in [-0.2, 0) is 0 Å². The first-order valence-corrected chi connectivity index (χ1v) is 4.72. The van der Waals surface area contributed by atoms with E-state index in [0.29, 0.717) is 6.04 Å².